The van der Waals surface area contributed by atoms with Crippen molar-refractivity contribution in [3.05, 3.63) is 6.33 Å². The average molecular weight is 278 g/mol. The summed E-state index contributed by atoms with van der Waals surface area (Å²) in [6.45, 7) is 10.8. The summed E-state index contributed by atoms with van der Waals surface area (Å²) in [4.78, 5) is 11.1. The molecule has 3 atom stereocenters. The molecule has 0 bridgehead atoms. The first-order valence-corrected chi connectivity index (χ1v) is 7.47. The molecule has 0 spiro atoms. The Morgan fingerprint density at radius 1 is 1.35 bits per heavy atom. The molecule has 112 valence electrons. The molecule has 1 aliphatic rings. The van der Waals surface area contributed by atoms with Gasteiger partial charge in [0.25, 0.3) is 0 Å². The fourth-order valence-corrected chi connectivity index (χ4v) is 3.05. The van der Waals surface area contributed by atoms with Crippen LogP contribution in [0, 0.1) is 11.8 Å². The second kappa shape index (κ2) is 6.29. The number of aromatic nitrogens is 2. The summed E-state index contributed by atoms with van der Waals surface area (Å²) in [5.74, 6) is 3.76. The van der Waals surface area contributed by atoms with Crippen LogP contribution in [0.4, 0.5) is 11.6 Å². The molecule has 1 aliphatic heterocycles. The average Bonchev–Trinajstić information content (AvgIpc) is 2.43. The van der Waals surface area contributed by atoms with E-state index in [1.807, 2.05) is 0 Å². The van der Waals surface area contributed by atoms with Gasteiger partial charge in [0.1, 0.15) is 6.33 Å². The van der Waals surface area contributed by atoms with Crippen molar-refractivity contribution in [2.75, 3.05) is 30.4 Å². The van der Waals surface area contributed by atoms with Crippen molar-refractivity contribution in [1.29, 1.82) is 0 Å². The molecular formula is C15H26N4O. The van der Waals surface area contributed by atoms with Gasteiger partial charge in [-0.25, -0.2) is 9.97 Å². The number of piperidine rings is 1. The molecule has 0 saturated carbocycles. The fourth-order valence-electron chi connectivity index (χ4n) is 3.05. The molecule has 1 aromatic heterocycles. The lowest BCUT2D eigenvalue weighted by Crippen LogP contribution is -2.46. The minimum Gasteiger partial charge on any atom is -0.490 e. The van der Waals surface area contributed by atoms with Gasteiger partial charge in [0.2, 0.25) is 5.75 Å². The van der Waals surface area contributed by atoms with Gasteiger partial charge in [-0.2, -0.15) is 0 Å². The fraction of sp³-hybridized carbons (Fsp3) is 0.733. The maximum absolute atomic E-state index is 5.57. The zero-order valence-corrected chi connectivity index (χ0v) is 13.2. The molecule has 1 N–H and O–H groups in total. The smallest absolute Gasteiger partial charge is 0.204 e. The normalized spacial score (nSPS) is 26.4. The lowest BCUT2D eigenvalue weighted by Gasteiger charge is -2.42. The lowest BCUT2D eigenvalue weighted by atomic mass is 9.86. The van der Waals surface area contributed by atoms with Crippen LogP contribution < -0.4 is 15.0 Å². The van der Waals surface area contributed by atoms with E-state index in [9.17, 15) is 0 Å². The highest BCUT2D eigenvalue weighted by Gasteiger charge is 2.32. The Bertz CT molecular complexity index is 451. The summed E-state index contributed by atoms with van der Waals surface area (Å²) >= 11 is 0. The van der Waals surface area contributed by atoms with E-state index < -0.39 is 0 Å². The van der Waals surface area contributed by atoms with E-state index in [1.165, 1.54) is 6.42 Å². The number of methoxy groups -OCH3 is 1. The minimum atomic E-state index is 0.462. The standard InChI is InChI=1S/C15H26N4O/c1-6-16-14-13(20-5)15(18-9-17-14)19-8-10(2)7-11(3)12(19)4/h9-12H,6-8H2,1-5H3,(H,16,17,18). The van der Waals surface area contributed by atoms with Crippen molar-refractivity contribution < 1.29 is 4.74 Å². The number of rotatable bonds is 4. The number of anilines is 2. The molecule has 0 aromatic carbocycles. The van der Waals surface area contributed by atoms with Gasteiger partial charge in [0, 0.05) is 19.1 Å². The van der Waals surface area contributed by atoms with Crippen molar-refractivity contribution in [2.45, 2.75) is 40.2 Å². The van der Waals surface area contributed by atoms with E-state index in [2.05, 4.69) is 47.9 Å². The summed E-state index contributed by atoms with van der Waals surface area (Å²) in [5, 5.41) is 3.24. The molecule has 1 aromatic rings. The maximum atomic E-state index is 5.57. The van der Waals surface area contributed by atoms with E-state index >= 15 is 0 Å². The van der Waals surface area contributed by atoms with Crippen LogP contribution in [0.1, 0.15) is 34.1 Å². The van der Waals surface area contributed by atoms with Crippen LogP contribution in [-0.4, -0.2) is 36.2 Å². The predicted molar refractivity (Wildman–Crippen MR) is 82.5 cm³/mol. The van der Waals surface area contributed by atoms with Gasteiger partial charge in [-0.15, -0.1) is 0 Å². The lowest BCUT2D eigenvalue weighted by molar-refractivity contribution is 0.292. The third kappa shape index (κ3) is 2.81. The Labute approximate surface area is 121 Å². The molecule has 0 aliphatic carbocycles. The number of nitrogens with zero attached hydrogens (tertiary/aromatic N) is 3. The number of hydrogen-bond donors (Lipinski definition) is 1. The van der Waals surface area contributed by atoms with Crippen LogP contribution in [0.25, 0.3) is 0 Å². The summed E-state index contributed by atoms with van der Waals surface area (Å²) < 4.78 is 5.57. The van der Waals surface area contributed by atoms with Crippen LogP contribution in [-0.2, 0) is 0 Å². The van der Waals surface area contributed by atoms with Crippen molar-refractivity contribution >= 4 is 11.6 Å². The Morgan fingerprint density at radius 3 is 2.75 bits per heavy atom. The van der Waals surface area contributed by atoms with Gasteiger partial charge in [0.15, 0.2) is 11.6 Å². The third-order valence-electron chi connectivity index (χ3n) is 4.20. The van der Waals surface area contributed by atoms with Gasteiger partial charge >= 0.3 is 0 Å². The minimum absolute atomic E-state index is 0.462. The zero-order valence-electron chi connectivity index (χ0n) is 13.2. The first-order chi connectivity index (χ1) is 9.58. The van der Waals surface area contributed by atoms with E-state index in [0.29, 0.717) is 17.9 Å². The Hall–Kier alpha value is -1.52. The Morgan fingerprint density at radius 2 is 2.10 bits per heavy atom. The molecule has 20 heavy (non-hydrogen) atoms. The molecule has 5 nitrogen and oxygen atoms in total. The first-order valence-electron chi connectivity index (χ1n) is 7.47. The number of ether oxygens (including phenoxy) is 1. The summed E-state index contributed by atoms with van der Waals surface area (Å²) in [6, 6.07) is 0.462. The second-order valence-corrected chi connectivity index (χ2v) is 5.82. The Balaban J connectivity index is 2.37. The van der Waals surface area contributed by atoms with Crippen LogP contribution >= 0.6 is 0 Å². The largest absolute Gasteiger partial charge is 0.490 e. The molecule has 5 heteroatoms. The number of nitrogens with one attached hydrogen (secondary N) is 1. The van der Waals surface area contributed by atoms with Crippen molar-refractivity contribution in [1.82, 2.24) is 9.97 Å². The quantitative estimate of drug-likeness (QED) is 0.917. The van der Waals surface area contributed by atoms with Gasteiger partial charge < -0.3 is 15.0 Å². The highest BCUT2D eigenvalue weighted by atomic mass is 16.5. The SMILES string of the molecule is CCNc1ncnc(N2CC(C)CC(C)C2C)c1OC. The van der Waals surface area contributed by atoms with E-state index in [-0.39, 0.29) is 0 Å². The van der Waals surface area contributed by atoms with Crippen LogP contribution in [0.2, 0.25) is 0 Å². The molecule has 2 heterocycles. The van der Waals surface area contributed by atoms with E-state index in [4.69, 9.17) is 4.74 Å². The summed E-state index contributed by atoms with van der Waals surface area (Å²) in [6.07, 6.45) is 2.89. The van der Waals surface area contributed by atoms with Gasteiger partial charge in [-0.3, -0.25) is 0 Å². The van der Waals surface area contributed by atoms with Crippen LogP contribution in [0.5, 0.6) is 5.75 Å². The van der Waals surface area contributed by atoms with Crippen molar-refractivity contribution in [3.8, 4) is 5.75 Å². The van der Waals surface area contributed by atoms with E-state index in [0.717, 1.165) is 30.5 Å². The van der Waals surface area contributed by atoms with Gasteiger partial charge in [0.05, 0.1) is 7.11 Å². The van der Waals surface area contributed by atoms with Gasteiger partial charge in [-0.1, -0.05) is 13.8 Å². The van der Waals surface area contributed by atoms with Gasteiger partial charge in [-0.05, 0) is 32.1 Å². The maximum Gasteiger partial charge on any atom is 0.204 e. The molecule has 0 radical (unpaired) electrons. The molecule has 1 fully saturated rings. The monoisotopic (exact) mass is 278 g/mol. The molecule has 1 saturated heterocycles. The third-order valence-corrected chi connectivity index (χ3v) is 4.20. The number of hydrogen-bond acceptors (Lipinski definition) is 5. The molecule has 0 amide bonds. The molecular weight excluding hydrogens is 252 g/mol. The van der Waals surface area contributed by atoms with Crippen molar-refractivity contribution in [3.63, 3.8) is 0 Å². The topological polar surface area (TPSA) is 50.3 Å². The Kier molecular flexibility index (Phi) is 4.68. The first kappa shape index (κ1) is 14.9. The summed E-state index contributed by atoms with van der Waals surface area (Å²) in [7, 11) is 1.69. The zero-order chi connectivity index (χ0) is 14.7. The van der Waals surface area contributed by atoms with Crippen LogP contribution in [0.3, 0.4) is 0 Å². The molecule has 3 unspecified atom stereocenters. The van der Waals surface area contributed by atoms with Crippen LogP contribution in [0.15, 0.2) is 6.33 Å². The van der Waals surface area contributed by atoms with Crippen molar-refractivity contribution in [2.24, 2.45) is 11.8 Å². The molecule has 2 rings (SSSR count). The predicted octanol–water partition coefficient (Wildman–Crippen LogP) is 2.79. The summed E-state index contributed by atoms with van der Waals surface area (Å²) in [5.41, 5.74) is 0. The highest BCUT2D eigenvalue weighted by molar-refractivity contribution is 5.65. The highest BCUT2D eigenvalue weighted by Crippen LogP contribution is 2.37. The van der Waals surface area contributed by atoms with E-state index in [1.54, 1.807) is 13.4 Å². The second-order valence-electron chi connectivity index (χ2n) is 5.82.